The fourth-order valence-corrected chi connectivity index (χ4v) is 4.42. The smallest absolute Gasteiger partial charge is 0.342 e. The van der Waals surface area contributed by atoms with Crippen molar-refractivity contribution >= 4 is 22.3 Å². The first-order valence-electron chi connectivity index (χ1n) is 8.90. The van der Waals surface area contributed by atoms with E-state index in [4.69, 9.17) is 15.2 Å². The normalized spacial score (nSPS) is 15.1. The van der Waals surface area contributed by atoms with Gasteiger partial charge in [0.25, 0.3) is 0 Å². The first-order chi connectivity index (χ1) is 12.1. The summed E-state index contributed by atoms with van der Waals surface area (Å²) >= 11 is 1.48. The Kier molecular flexibility index (Phi) is 5.63. The van der Waals surface area contributed by atoms with E-state index in [0.29, 0.717) is 10.6 Å². The maximum absolute atomic E-state index is 12.9. The van der Waals surface area contributed by atoms with Gasteiger partial charge in [-0.1, -0.05) is 25.5 Å². The summed E-state index contributed by atoms with van der Waals surface area (Å²) in [6.07, 6.45) is 6.24. The minimum Gasteiger partial charge on any atom is -0.497 e. The quantitative estimate of drug-likeness (QED) is 0.758. The van der Waals surface area contributed by atoms with Crippen LogP contribution < -0.4 is 10.5 Å². The van der Waals surface area contributed by atoms with E-state index in [9.17, 15) is 4.79 Å². The van der Waals surface area contributed by atoms with Gasteiger partial charge in [-0.25, -0.2) is 4.79 Å². The second-order valence-corrected chi connectivity index (χ2v) is 7.52. The minimum absolute atomic E-state index is 0.0225. The highest BCUT2D eigenvalue weighted by atomic mass is 32.1. The van der Waals surface area contributed by atoms with E-state index < -0.39 is 0 Å². The molecule has 0 bridgehead atoms. The van der Waals surface area contributed by atoms with Gasteiger partial charge in [-0.15, -0.1) is 11.3 Å². The number of hydrogen-bond acceptors (Lipinski definition) is 5. The lowest BCUT2D eigenvalue weighted by Crippen LogP contribution is -2.21. The lowest BCUT2D eigenvalue weighted by molar-refractivity contribution is 0.0213. The van der Waals surface area contributed by atoms with Crippen LogP contribution in [0.2, 0.25) is 0 Å². The third-order valence-electron chi connectivity index (χ3n) is 4.74. The van der Waals surface area contributed by atoms with Crippen molar-refractivity contribution in [2.45, 2.75) is 51.6 Å². The SMILES string of the molecule is CCc1sc(N)c(C(=O)OC2CCCCC2)c1-c1ccc(OC)cc1. The van der Waals surface area contributed by atoms with Crippen LogP contribution in [0.25, 0.3) is 11.1 Å². The monoisotopic (exact) mass is 359 g/mol. The van der Waals surface area contributed by atoms with Crippen LogP contribution in [0.1, 0.15) is 54.3 Å². The van der Waals surface area contributed by atoms with E-state index in [2.05, 4.69) is 6.92 Å². The number of ether oxygens (including phenoxy) is 2. The molecule has 0 atom stereocenters. The van der Waals surface area contributed by atoms with Crippen LogP contribution in [0.5, 0.6) is 5.75 Å². The summed E-state index contributed by atoms with van der Waals surface area (Å²) in [6.45, 7) is 2.08. The van der Waals surface area contributed by atoms with Gasteiger partial charge >= 0.3 is 5.97 Å². The van der Waals surface area contributed by atoms with Crippen molar-refractivity contribution in [2.75, 3.05) is 12.8 Å². The Bertz CT molecular complexity index is 730. The summed E-state index contributed by atoms with van der Waals surface area (Å²) in [5.74, 6) is 0.502. The van der Waals surface area contributed by atoms with Crippen LogP contribution in [0.4, 0.5) is 5.00 Å². The van der Waals surface area contributed by atoms with Crippen molar-refractivity contribution in [1.29, 1.82) is 0 Å². The molecule has 3 rings (SSSR count). The van der Waals surface area contributed by atoms with E-state index in [1.165, 1.54) is 17.8 Å². The van der Waals surface area contributed by atoms with Gasteiger partial charge in [0.15, 0.2) is 0 Å². The fourth-order valence-electron chi connectivity index (χ4n) is 3.41. The van der Waals surface area contributed by atoms with Gasteiger partial charge in [0, 0.05) is 10.4 Å². The summed E-state index contributed by atoms with van der Waals surface area (Å²) in [5, 5.41) is 0.545. The number of carbonyl (C=O) groups excluding carboxylic acids is 1. The average molecular weight is 359 g/mol. The summed E-state index contributed by atoms with van der Waals surface area (Å²) in [5.41, 5.74) is 8.62. The topological polar surface area (TPSA) is 61.6 Å². The molecular formula is C20H25NO3S. The first-order valence-corrected chi connectivity index (χ1v) is 9.72. The molecule has 25 heavy (non-hydrogen) atoms. The predicted octanol–water partition coefficient (Wildman–Crippen LogP) is 5.06. The van der Waals surface area contributed by atoms with Gasteiger partial charge in [-0.3, -0.25) is 0 Å². The van der Waals surface area contributed by atoms with Crippen LogP contribution in [-0.2, 0) is 11.2 Å². The Morgan fingerprint density at radius 1 is 1.20 bits per heavy atom. The summed E-state index contributed by atoms with van der Waals surface area (Å²) in [4.78, 5) is 14.0. The van der Waals surface area contributed by atoms with Crippen molar-refractivity contribution < 1.29 is 14.3 Å². The lowest BCUT2D eigenvalue weighted by Gasteiger charge is -2.22. The van der Waals surface area contributed by atoms with Gasteiger partial charge in [0.05, 0.1) is 7.11 Å². The molecule has 0 radical (unpaired) electrons. The average Bonchev–Trinajstić information content (AvgIpc) is 2.99. The molecule has 134 valence electrons. The van der Waals surface area contributed by atoms with Crippen molar-refractivity contribution in [3.8, 4) is 16.9 Å². The van der Waals surface area contributed by atoms with Crippen molar-refractivity contribution in [3.63, 3.8) is 0 Å². The fraction of sp³-hybridized carbons (Fsp3) is 0.450. The van der Waals surface area contributed by atoms with Crippen LogP contribution in [0.3, 0.4) is 0 Å². The molecule has 2 aromatic rings. The molecule has 0 aliphatic heterocycles. The Hall–Kier alpha value is -2.01. The maximum atomic E-state index is 12.9. The zero-order chi connectivity index (χ0) is 17.8. The van der Waals surface area contributed by atoms with E-state index >= 15 is 0 Å². The third-order valence-corrected chi connectivity index (χ3v) is 5.90. The number of hydrogen-bond donors (Lipinski definition) is 1. The number of nitrogens with two attached hydrogens (primary N) is 1. The molecule has 4 nitrogen and oxygen atoms in total. The molecule has 1 heterocycles. The maximum Gasteiger partial charge on any atom is 0.342 e. The second-order valence-electron chi connectivity index (χ2n) is 6.39. The number of methoxy groups -OCH3 is 1. The zero-order valence-electron chi connectivity index (χ0n) is 14.8. The molecule has 0 amide bonds. The van der Waals surface area contributed by atoms with Crippen LogP contribution >= 0.6 is 11.3 Å². The number of benzene rings is 1. The van der Waals surface area contributed by atoms with Gasteiger partial charge < -0.3 is 15.2 Å². The minimum atomic E-state index is -0.286. The Morgan fingerprint density at radius 3 is 2.48 bits per heavy atom. The number of carbonyl (C=O) groups is 1. The Labute approximate surface area is 153 Å². The molecule has 0 unspecified atom stereocenters. The molecule has 1 aromatic carbocycles. The van der Waals surface area contributed by atoms with E-state index in [0.717, 1.165) is 53.9 Å². The van der Waals surface area contributed by atoms with E-state index in [-0.39, 0.29) is 12.1 Å². The second kappa shape index (κ2) is 7.91. The molecule has 1 aliphatic rings. The Morgan fingerprint density at radius 2 is 1.88 bits per heavy atom. The van der Waals surface area contributed by atoms with Gasteiger partial charge in [-0.05, 0) is 49.8 Å². The number of thiophene rings is 1. The Balaban J connectivity index is 1.94. The van der Waals surface area contributed by atoms with Gasteiger partial charge in [0.2, 0.25) is 0 Å². The molecule has 0 spiro atoms. The zero-order valence-corrected chi connectivity index (χ0v) is 15.7. The molecule has 1 fully saturated rings. The van der Waals surface area contributed by atoms with Gasteiger partial charge in [0.1, 0.15) is 22.4 Å². The number of nitrogen functional groups attached to an aromatic ring is 1. The predicted molar refractivity (Wildman–Crippen MR) is 102 cm³/mol. The number of esters is 1. The molecule has 1 aromatic heterocycles. The molecule has 0 saturated heterocycles. The van der Waals surface area contributed by atoms with Gasteiger partial charge in [-0.2, -0.15) is 0 Å². The highest BCUT2D eigenvalue weighted by molar-refractivity contribution is 7.17. The lowest BCUT2D eigenvalue weighted by atomic mass is 9.97. The van der Waals surface area contributed by atoms with E-state index in [1.807, 2.05) is 24.3 Å². The largest absolute Gasteiger partial charge is 0.497 e. The van der Waals surface area contributed by atoms with Crippen LogP contribution in [0.15, 0.2) is 24.3 Å². The molecular weight excluding hydrogens is 334 g/mol. The number of rotatable bonds is 5. The molecule has 2 N–H and O–H groups in total. The van der Waals surface area contributed by atoms with Crippen LogP contribution in [0, 0.1) is 0 Å². The highest BCUT2D eigenvalue weighted by Gasteiger charge is 2.27. The molecule has 1 saturated carbocycles. The standard InChI is InChI=1S/C20H25NO3S/c1-3-16-17(13-9-11-14(23-2)12-10-13)18(19(21)25-16)20(22)24-15-7-5-4-6-8-15/h9-12,15H,3-8,21H2,1-2H3. The number of anilines is 1. The molecule has 1 aliphatic carbocycles. The summed E-state index contributed by atoms with van der Waals surface area (Å²) < 4.78 is 11.0. The van der Waals surface area contributed by atoms with Crippen LogP contribution in [-0.4, -0.2) is 19.2 Å². The molecule has 5 heteroatoms. The van der Waals surface area contributed by atoms with Crippen molar-refractivity contribution in [2.24, 2.45) is 0 Å². The first kappa shape index (κ1) is 17.8. The van der Waals surface area contributed by atoms with Crippen molar-refractivity contribution in [1.82, 2.24) is 0 Å². The number of aryl methyl sites for hydroxylation is 1. The highest BCUT2D eigenvalue weighted by Crippen LogP contribution is 2.40. The summed E-state index contributed by atoms with van der Waals surface area (Å²) in [7, 11) is 1.64. The summed E-state index contributed by atoms with van der Waals surface area (Å²) in [6, 6.07) is 7.74. The van der Waals surface area contributed by atoms with Crippen molar-refractivity contribution in [3.05, 3.63) is 34.7 Å². The third kappa shape index (κ3) is 3.82. The van der Waals surface area contributed by atoms with E-state index in [1.54, 1.807) is 7.11 Å².